The number of aromatic nitrogens is 1. The minimum absolute atomic E-state index is 0.333. The van der Waals surface area contributed by atoms with Crippen molar-refractivity contribution in [3.8, 4) is 0 Å². The van der Waals surface area contributed by atoms with E-state index in [1.165, 1.54) is 20.0 Å². The summed E-state index contributed by atoms with van der Waals surface area (Å²) in [4.78, 5) is 18.0. The number of piperidine rings is 1. The molecular weight excluding hydrogens is 228 g/mol. The number of carbonyl (C=O) groups excluding carboxylic acids is 1. The number of hydrogen-bond acceptors (Lipinski definition) is 4. The Morgan fingerprint density at radius 1 is 1.44 bits per heavy atom. The van der Waals surface area contributed by atoms with E-state index in [1.54, 1.807) is 12.3 Å². The molecule has 0 aromatic carbocycles. The molecule has 1 aliphatic rings. The van der Waals surface area contributed by atoms with Crippen LogP contribution in [0.3, 0.4) is 0 Å². The Labute approximate surface area is 108 Å². The fourth-order valence-corrected chi connectivity index (χ4v) is 2.21. The summed E-state index contributed by atoms with van der Waals surface area (Å²) in [5.41, 5.74) is 1.52. The first-order valence-electron chi connectivity index (χ1n) is 6.44. The first kappa shape index (κ1) is 13.0. The maximum absolute atomic E-state index is 11.3. The van der Waals surface area contributed by atoms with Crippen LogP contribution in [0.15, 0.2) is 18.3 Å². The molecule has 0 amide bonds. The second-order valence-corrected chi connectivity index (χ2v) is 4.99. The van der Waals surface area contributed by atoms with Crippen molar-refractivity contribution >= 4 is 5.97 Å². The molecule has 0 atom stereocenters. The van der Waals surface area contributed by atoms with Gasteiger partial charge in [0.25, 0.3) is 0 Å². The second kappa shape index (κ2) is 5.96. The van der Waals surface area contributed by atoms with Gasteiger partial charge in [-0.25, -0.2) is 4.79 Å². The molecule has 4 nitrogen and oxygen atoms in total. The minimum atomic E-state index is -0.333. The van der Waals surface area contributed by atoms with Crippen molar-refractivity contribution in [3.05, 3.63) is 29.6 Å². The average Bonchev–Trinajstić information content (AvgIpc) is 2.41. The normalized spacial score (nSPS) is 17.7. The van der Waals surface area contributed by atoms with Crippen molar-refractivity contribution in [2.24, 2.45) is 5.92 Å². The molecule has 0 spiro atoms. The van der Waals surface area contributed by atoms with E-state index >= 15 is 0 Å². The van der Waals surface area contributed by atoms with Crippen molar-refractivity contribution in [2.75, 3.05) is 20.2 Å². The van der Waals surface area contributed by atoms with Gasteiger partial charge in [-0.05, 0) is 44.0 Å². The number of esters is 1. The topological polar surface area (TPSA) is 42.4 Å². The summed E-state index contributed by atoms with van der Waals surface area (Å²) in [5.74, 6) is 0.511. The summed E-state index contributed by atoms with van der Waals surface area (Å²) in [6.07, 6.45) is 4.12. The van der Waals surface area contributed by atoms with Crippen LogP contribution in [0.4, 0.5) is 0 Å². The molecule has 1 aromatic heterocycles. The Morgan fingerprint density at radius 2 is 2.17 bits per heavy atom. The fraction of sp³-hybridized carbons (Fsp3) is 0.571. The molecule has 0 bridgehead atoms. The second-order valence-electron chi connectivity index (χ2n) is 4.99. The predicted molar refractivity (Wildman–Crippen MR) is 69.3 cm³/mol. The summed E-state index contributed by atoms with van der Waals surface area (Å²) >= 11 is 0. The molecule has 18 heavy (non-hydrogen) atoms. The highest BCUT2D eigenvalue weighted by molar-refractivity contribution is 5.88. The zero-order valence-electron chi connectivity index (χ0n) is 11.1. The van der Waals surface area contributed by atoms with Crippen LogP contribution in [0.2, 0.25) is 0 Å². The predicted octanol–water partition coefficient (Wildman–Crippen LogP) is 2.10. The quantitative estimate of drug-likeness (QED) is 0.768. The number of ether oxygens (including phenoxy) is 1. The minimum Gasteiger partial charge on any atom is -0.465 e. The third-order valence-electron chi connectivity index (χ3n) is 3.51. The van der Waals surface area contributed by atoms with Gasteiger partial charge in [-0.1, -0.05) is 6.92 Å². The Kier molecular flexibility index (Phi) is 4.31. The summed E-state index contributed by atoms with van der Waals surface area (Å²) in [7, 11) is 1.38. The highest BCUT2D eigenvalue weighted by atomic mass is 16.5. The van der Waals surface area contributed by atoms with Crippen LogP contribution in [-0.2, 0) is 11.3 Å². The van der Waals surface area contributed by atoms with Crippen molar-refractivity contribution in [1.82, 2.24) is 9.88 Å². The molecule has 2 rings (SSSR count). The van der Waals surface area contributed by atoms with E-state index in [-0.39, 0.29) is 5.97 Å². The van der Waals surface area contributed by atoms with Crippen LogP contribution in [-0.4, -0.2) is 36.1 Å². The third kappa shape index (κ3) is 3.29. The molecular formula is C14H20N2O2. The standard InChI is InChI=1S/C14H20N2O2/c1-11-5-7-16(8-6-11)10-13-4-3-12(9-15-13)14(17)18-2/h3-4,9,11H,5-8,10H2,1-2H3. The smallest absolute Gasteiger partial charge is 0.339 e. The lowest BCUT2D eigenvalue weighted by Gasteiger charge is -2.29. The fourth-order valence-electron chi connectivity index (χ4n) is 2.21. The number of carbonyl (C=O) groups is 1. The lowest BCUT2D eigenvalue weighted by atomic mass is 9.99. The van der Waals surface area contributed by atoms with Gasteiger partial charge >= 0.3 is 5.97 Å². The number of pyridine rings is 1. The van der Waals surface area contributed by atoms with Gasteiger partial charge in [-0.3, -0.25) is 9.88 Å². The summed E-state index contributed by atoms with van der Waals surface area (Å²) in [6.45, 7) is 5.46. The molecule has 4 heteroatoms. The van der Waals surface area contributed by atoms with E-state index in [1.807, 2.05) is 6.07 Å². The van der Waals surface area contributed by atoms with Crippen LogP contribution in [0, 0.1) is 5.92 Å². The molecule has 1 saturated heterocycles. The number of methoxy groups -OCH3 is 1. The van der Waals surface area contributed by atoms with Gasteiger partial charge in [0.15, 0.2) is 0 Å². The number of nitrogens with zero attached hydrogens (tertiary/aromatic N) is 2. The zero-order chi connectivity index (χ0) is 13.0. The highest BCUT2D eigenvalue weighted by Gasteiger charge is 2.16. The largest absolute Gasteiger partial charge is 0.465 e. The Balaban J connectivity index is 1.92. The third-order valence-corrected chi connectivity index (χ3v) is 3.51. The molecule has 1 aliphatic heterocycles. The van der Waals surface area contributed by atoms with Gasteiger partial charge in [0.1, 0.15) is 0 Å². The lowest BCUT2D eigenvalue weighted by Crippen LogP contribution is -2.32. The Morgan fingerprint density at radius 3 is 2.72 bits per heavy atom. The molecule has 0 radical (unpaired) electrons. The first-order chi connectivity index (χ1) is 8.69. The van der Waals surface area contributed by atoms with Crippen LogP contribution in [0.25, 0.3) is 0 Å². The van der Waals surface area contributed by atoms with Crippen LogP contribution >= 0.6 is 0 Å². The molecule has 0 aliphatic carbocycles. The summed E-state index contributed by atoms with van der Waals surface area (Å²) < 4.78 is 4.65. The molecule has 1 aromatic rings. The van der Waals surface area contributed by atoms with Crippen LogP contribution in [0.5, 0.6) is 0 Å². The maximum atomic E-state index is 11.3. The molecule has 98 valence electrons. The summed E-state index contributed by atoms with van der Waals surface area (Å²) in [5, 5.41) is 0. The number of likely N-dealkylation sites (tertiary alicyclic amines) is 1. The van der Waals surface area contributed by atoms with Crippen molar-refractivity contribution in [3.63, 3.8) is 0 Å². The van der Waals surface area contributed by atoms with Crippen molar-refractivity contribution in [2.45, 2.75) is 26.3 Å². The monoisotopic (exact) mass is 248 g/mol. The van der Waals surface area contributed by atoms with E-state index in [0.717, 1.165) is 31.2 Å². The number of rotatable bonds is 3. The van der Waals surface area contributed by atoms with E-state index in [2.05, 4.69) is 21.5 Å². The lowest BCUT2D eigenvalue weighted by molar-refractivity contribution is 0.0600. The van der Waals surface area contributed by atoms with Gasteiger partial charge in [0.05, 0.1) is 18.4 Å². The van der Waals surface area contributed by atoms with Gasteiger partial charge in [-0.15, -0.1) is 0 Å². The SMILES string of the molecule is COC(=O)c1ccc(CN2CCC(C)CC2)nc1. The highest BCUT2D eigenvalue weighted by Crippen LogP contribution is 2.17. The molecule has 0 N–H and O–H groups in total. The van der Waals surface area contributed by atoms with Gasteiger partial charge in [0, 0.05) is 12.7 Å². The van der Waals surface area contributed by atoms with E-state index in [9.17, 15) is 4.79 Å². The Bertz CT molecular complexity index is 395. The zero-order valence-corrected chi connectivity index (χ0v) is 11.1. The van der Waals surface area contributed by atoms with Crippen molar-refractivity contribution in [1.29, 1.82) is 0 Å². The van der Waals surface area contributed by atoms with E-state index < -0.39 is 0 Å². The van der Waals surface area contributed by atoms with Gasteiger partial charge in [-0.2, -0.15) is 0 Å². The van der Waals surface area contributed by atoms with E-state index in [4.69, 9.17) is 0 Å². The summed E-state index contributed by atoms with van der Waals surface area (Å²) in [6, 6.07) is 3.69. The number of hydrogen-bond donors (Lipinski definition) is 0. The Hall–Kier alpha value is -1.42. The van der Waals surface area contributed by atoms with Gasteiger partial charge in [0.2, 0.25) is 0 Å². The van der Waals surface area contributed by atoms with Crippen LogP contribution < -0.4 is 0 Å². The van der Waals surface area contributed by atoms with Gasteiger partial charge < -0.3 is 4.74 Å². The van der Waals surface area contributed by atoms with E-state index in [0.29, 0.717) is 5.56 Å². The molecule has 1 fully saturated rings. The molecule has 0 saturated carbocycles. The maximum Gasteiger partial charge on any atom is 0.339 e. The van der Waals surface area contributed by atoms with Crippen molar-refractivity contribution < 1.29 is 9.53 Å². The molecule has 0 unspecified atom stereocenters. The average molecular weight is 248 g/mol. The molecule has 2 heterocycles. The first-order valence-corrected chi connectivity index (χ1v) is 6.44. The van der Waals surface area contributed by atoms with Crippen LogP contribution in [0.1, 0.15) is 35.8 Å².